The average Bonchev–Trinajstić information content (AvgIpc) is 3.16. The predicted octanol–water partition coefficient (Wildman–Crippen LogP) is 4.19. The summed E-state index contributed by atoms with van der Waals surface area (Å²) in [4.78, 5) is 17.3. The third-order valence-electron chi connectivity index (χ3n) is 6.70. The van der Waals surface area contributed by atoms with E-state index in [1.807, 2.05) is 11.0 Å². The number of ether oxygens (including phenoxy) is 1. The van der Waals surface area contributed by atoms with Crippen molar-refractivity contribution in [3.63, 3.8) is 0 Å². The van der Waals surface area contributed by atoms with Gasteiger partial charge in [-0.2, -0.15) is 0 Å². The van der Waals surface area contributed by atoms with Gasteiger partial charge in [-0.25, -0.2) is 4.39 Å². The highest BCUT2D eigenvalue weighted by molar-refractivity contribution is 5.94. The second kappa shape index (κ2) is 8.15. The Kier molecular flexibility index (Phi) is 5.59. The second-order valence-corrected chi connectivity index (χ2v) is 8.34. The van der Waals surface area contributed by atoms with Crippen LogP contribution in [0.3, 0.4) is 0 Å². The van der Waals surface area contributed by atoms with E-state index in [0.29, 0.717) is 24.1 Å². The van der Waals surface area contributed by atoms with Crippen LogP contribution in [0.5, 0.6) is 5.75 Å². The zero-order valence-electron chi connectivity index (χ0n) is 17.5. The summed E-state index contributed by atoms with van der Waals surface area (Å²) in [7, 11) is 1.71. The van der Waals surface area contributed by atoms with Gasteiger partial charge in [-0.15, -0.1) is 0 Å². The van der Waals surface area contributed by atoms with Crippen molar-refractivity contribution in [2.75, 3.05) is 26.7 Å². The van der Waals surface area contributed by atoms with Gasteiger partial charge in [0.05, 0.1) is 7.11 Å². The Bertz CT molecular complexity index is 914. The molecule has 0 bridgehead atoms. The topological polar surface area (TPSA) is 32.8 Å². The molecule has 5 heteroatoms. The van der Waals surface area contributed by atoms with Crippen LogP contribution in [0.15, 0.2) is 36.4 Å². The quantitative estimate of drug-likeness (QED) is 0.777. The normalized spacial score (nSPS) is 21.9. The fourth-order valence-corrected chi connectivity index (χ4v) is 4.90. The summed E-state index contributed by atoms with van der Waals surface area (Å²) in [6.07, 6.45) is 2.30. The monoisotopic (exact) mass is 396 g/mol. The molecule has 2 atom stereocenters. The van der Waals surface area contributed by atoms with Crippen molar-refractivity contribution in [2.24, 2.45) is 5.92 Å². The van der Waals surface area contributed by atoms with E-state index in [0.717, 1.165) is 38.2 Å². The molecule has 4 nitrogen and oxygen atoms in total. The maximum Gasteiger partial charge on any atom is 0.254 e. The fourth-order valence-electron chi connectivity index (χ4n) is 4.90. The van der Waals surface area contributed by atoms with E-state index in [1.54, 1.807) is 19.2 Å². The van der Waals surface area contributed by atoms with Crippen molar-refractivity contribution in [1.82, 2.24) is 9.80 Å². The van der Waals surface area contributed by atoms with Crippen molar-refractivity contribution < 1.29 is 13.9 Å². The number of benzene rings is 2. The number of carbonyl (C=O) groups excluding carboxylic acids is 1. The van der Waals surface area contributed by atoms with Gasteiger partial charge < -0.3 is 9.64 Å². The molecule has 2 fully saturated rings. The number of hydrogen-bond donors (Lipinski definition) is 0. The van der Waals surface area contributed by atoms with Gasteiger partial charge >= 0.3 is 0 Å². The Hall–Kier alpha value is -2.40. The van der Waals surface area contributed by atoms with E-state index in [-0.39, 0.29) is 11.7 Å². The standard InChI is InChI=1S/C24H29FN2O2/c1-16-17(2)23(29-3)10-9-19(16)13-26-11-5-7-20-14-27(15-22(20)26)24(28)18-6-4-8-21(25)12-18/h4,6,8-10,12,20,22H,5,7,11,13-15H2,1-3H3/t20-,22+/m1/s1. The molecule has 29 heavy (non-hydrogen) atoms. The van der Waals surface area contributed by atoms with Gasteiger partial charge in [0, 0.05) is 31.2 Å². The number of hydrogen-bond acceptors (Lipinski definition) is 3. The van der Waals surface area contributed by atoms with E-state index in [2.05, 4.69) is 24.8 Å². The first kappa shape index (κ1) is 19.9. The van der Waals surface area contributed by atoms with Crippen LogP contribution in [-0.2, 0) is 6.54 Å². The molecule has 154 valence electrons. The van der Waals surface area contributed by atoms with Gasteiger partial charge in [-0.3, -0.25) is 9.69 Å². The number of carbonyl (C=O) groups is 1. The number of halogens is 1. The molecule has 2 aromatic rings. The molecule has 2 saturated heterocycles. The van der Waals surface area contributed by atoms with Crippen molar-refractivity contribution in [3.8, 4) is 5.75 Å². The summed E-state index contributed by atoms with van der Waals surface area (Å²) >= 11 is 0. The summed E-state index contributed by atoms with van der Waals surface area (Å²) in [6.45, 7) is 7.67. The number of likely N-dealkylation sites (tertiary alicyclic amines) is 2. The Morgan fingerprint density at radius 3 is 2.76 bits per heavy atom. The number of amides is 1. The van der Waals surface area contributed by atoms with Crippen molar-refractivity contribution >= 4 is 5.91 Å². The highest BCUT2D eigenvalue weighted by atomic mass is 19.1. The first-order valence-electron chi connectivity index (χ1n) is 10.4. The van der Waals surface area contributed by atoms with Crippen LogP contribution in [0, 0.1) is 25.6 Å². The Balaban J connectivity index is 1.50. The largest absolute Gasteiger partial charge is 0.496 e. The summed E-state index contributed by atoms with van der Waals surface area (Å²) in [5, 5.41) is 0. The lowest BCUT2D eigenvalue weighted by Crippen LogP contribution is -2.44. The van der Waals surface area contributed by atoms with Crippen LogP contribution >= 0.6 is 0 Å². The smallest absolute Gasteiger partial charge is 0.254 e. The number of methoxy groups -OCH3 is 1. The highest BCUT2D eigenvalue weighted by Crippen LogP contribution is 2.33. The van der Waals surface area contributed by atoms with Crippen LogP contribution in [0.2, 0.25) is 0 Å². The molecule has 0 aliphatic carbocycles. The molecule has 2 aliphatic heterocycles. The van der Waals surface area contributed by atoms with Crippen molar-refractivity contribution in [2.45, 2.75) is 39.3 Å². The molecule has 0 saturated carbocycles. The third kappa shape index (κ3) is 3.88. The minimum atomic E-state index is -0.362. The Labute approximate surface area is 172 Å². The molecule has 2 heterocycles. The van der Waals surface area contributed by atoms with Gasteiger partial charge in [-0.05, 0) is 80.1 Å². The van der Waals surface area contributed by atoms with Gasteiger partial charge in [-0.1, -0.05) is 12.1 Å². The minimum absolute atomic E-state index is 0.0599. The Morgan fingerprint density at radius 1 is 1.17 bits per heavy atom. The molecule has 2 aromatic carbocycles. The third-order valence-corrected chi connectivity index (χ3v) is 6.70. The molecule has 4 rings (SSSR count). The predicted molar refractivity (Wildman–Crippen MR) is 112 cm³/mol. The zero-order chi connectivity index (χ0) is 20.5. The van der Waals surface area contributed by atoms with E-state index in [9.17, 15) is 9.18 Å². The summed E-state index contributed by atoms with van der Waals surface area (Å²) in [6, 6.07) is 10.6. The molecule has 0 N–H and O–H groups in total. The number of rotatable bonds is 4. The van der Waals surface area contributed by atoms with Crippen LogP contribution in [0.4, 0.5) is 4.39 Å². The van der Waals surface area contributed by atoms with Crippen LogP contribution < -0.4 is 4.74 Å². The second-order valence-electron chi connectivity index (χ2n) is 8.34. The maximum absolute atomic E-state index is 13.6. The Morgan fingerprint density at radius 2 is 2.00 bits per heavy atom. The first-order valence-corrected chi connectivity index (χ1v) is 10.4. The van der Waals surface area contributed by atoms with Gasteiger partial charge in [0.1, 0.15) is 11.6 Å². The van der Waals surface area contributed by atoms with Gasteiger partial charge in [0.2, 0.25) is 0 Å². The number of piperidine rings is 1. The summed E-state index contributed by atoms with van der Waals surface area (Å²) < 4.78 is 19.0. The zero-order valence-corrected chi connectivity index (χ0v) is 17.5. The molecule has 0 aromatic heterocycles. The van der Waals surface area contributed by atoms with Gasteiger partial charge in [0.15, 0.2) is 0 Å². The first-order chi connectivity index (χ1) is 14.0. The van der Waals surface area contributed by atoms with Crippen LogP contribution in [0.1, 0.15) is 39.9 Å². The van der Waals surface area contributed by atoms with E-state index >= 15 is 0 Å². The maximum atomic E-state index is 13.6. The molecule has 0 spiro atoms. The van der Waals surface area contributed by atoms with Crippen molar-refractivity contribution in [1.29, 1.82) is 0 Å². The molecule has 2 aliphatic rings. The lowest BCUT2D eigenvalue weighted by Gasteiger charge is -2.37. The number of fused-ring (bicyclic) bond motifs is 1. The lowest BCUT2D eigenvalue weighted by molar-refractivity contribution is 0.0774. The van der Waals surface area contributed by atoms with E-state index in [1.165, 1.54) is 28.8 Å². The molecular formula is C24H29FN2O2. The summed E-state index contributed by atoms with van der Waals surface area (Å²) in [5.74, 6) is 0.992. The average molecular weight is 397 g/mol. The molecule has 0 unspecified atom stereocenters. The highest BCUT2D eigenvalue weighted by Gasteiger charge is 2.40. The number of nitrogens with zero attached hydrogens (tertiary/aromatic N) is 2. The van der Waals surface area contributed by atoms with Crippen LogP contribution in [0.25, 0.3) is 0 Å². The van der Waals surface area contributed by atoms with E-state index < -0.39 is 0 Å². The minimum Gasteiger partial charge on any atom is -0.496 e. The molecular weight excluding hydrogens is 367 g/mol. The van der Waals surface area contributed by atoms with Crippen LogP contribution in [-0.4, -0.2) is 48.5 Å². The van der Waals surface area contributed by atoms with Gasteiger partial charge in [0.25, 0.3) is 5.91 Å². The SMILES string of the molecule is COc1ccc(CN2CCC[C@@H]3CN(C(=O)c4cccc(F)c4)C[C@@H]32)c(C)c1C. The summed E-state index contributed by atoms with van der Waals surface area (Å²) in [5.41, 5.74) is 4.22. The van der Waals surface area contributed by atoms with Crippen molar-refractivity contribution in [3.05, 3.63) is 64.5 Å². The lowest BCUT2D eigenvalue weighted by atomic mass is 9.91. The fraction of sp³-hybridized carbons (Fsp3) is 0.458. The van der Waals surface area contributed by atoms with E-state index in [4.69, 9.17) is 4.74 Å². The molecule has 0 radical (unpaired) electrons. The molecule has 1 amide bonds.